The highest BCUT2D eigenvalue weighted by Crippen LogP contribution is 2.19. The molecule has 132 valence electrons. The third kappa shape index (κ3) is 3.27. The summed E-state index contributed by atoms with van der Waals surface area (Å²) in [5.74, 6) is 0.167. The van der Waals surface area contributed by atoms with E-state index in [0.29, 0.717) is 18.5 Å². The van der Waals surface area contributed by atoms with Gasteiger partial charge in [-0.3, -0.25) is 4.57 Å². The standard InChI is InChI=1S/C16H20N6O2S/c1-3-8-25(18,24)15-20-13(17)12-14(21-15)22(16(23)19-12)9-11-6-4-10(2)5-7-11/h4-7,18H,3,8-9H2,1-2H3,(H,19,23)(H2,17,20,21). The van der Waals surface area contributed by atoms with Gasteiger partial charge in [-0.05, 0) is 18.9 Å². The van der Waals surface area contributed by atoms with Crippen molar-refractivity contribution in [1.29, 1.82) is 4.78 Å². The Balaban J connectivity index is 2.15. The summed E-state index contributed by atoms with van der Waals surface area (Å²) in [6.07, 6.45) is 0.562. The molecule has 1 aromatic carbocycles. The van der Waals surface area contributed by atoms with Gasteiger partial charge >= 0.3 is 5.69 Å². The van der Waals surface area contributed by atoms with Gasteiger partial charge in [0.25, 0.3) is 0 Å². The second-order valence-electron chi connectivity index (χ2n) is 5.97. The predicted molar refractivity (Wildman–Crippen MR) is 97.1 cm³/mol. The fourth-order valence-electron chi connectivity index (χ4n) is 2.58. The minimum absolute atomic E-state index is 0.0239. The highest BCUT2D eigenvalue weighted by atomic mass is 32.2. The number of rotatable bonds is 5. The van der Waals surface area contributed by atoms with Gasteiger partial charge in [-0.1, -0.05) is 36.8 Å². The van der Waals surface area contributed by atoms with Gasteiger partial charge in [-0.2, -0.15) is 4.98 Å². The van der Waals surface area contributed by atoms with Gasteiger partial charge in [0, 0.05) is 5.75 Å². The summed E-state index contributed by atoms with van der Waals surface area (Å²) in [6, 6.07) is 7.78. The fraction of sp³-hybridized carbons (Fsp3) is 0.312. The Morgan fingerprint density at radius 1 is 1.28 bits per heavy atom. The van der Waals surface area contributed by atoms with Crippen LogP contribution in [0.3, 0.4) is 0 Å². The van der Waals surface area contributed by atoms with E-state index in [2.05, 4.69) is 15.0 Å². The SMILES string of the molecule is CCCS(=N)(=O)c1nc(N)c2[nH]c(=O)n(Cc3ccc(C)cc3)c2n1. The molecule has 0 amide bonds. The van der Waals surface area contributed by atoms with Crippen LogP contribution in [0.2, 0.25) is 0 Å². The molecule has 4 N–H and O–H groups in total. The van der Waals surface area contributed by atoms with Crippen LogP contribution in [0.25, 0.3) is 11.2 Å². The van der Waals surface area contributed by atoms with E-state index in [-0.39, 0.29) is 28.1 Å². The van der Waals surface area contributed by atoms with Crippen molar-refractivity contribution in [3.05, 3.63) is 45.9 Å². The Morgan fingerprint density at radius 2 is 1.96 bits per heavy atom. The monoisotopic (exact) mass is 360 g/mol. The van der Waals surface area contributed by atoms with E-state index < -0.39 is 9.73 Å². The molecule has 3 rings (SSSR count). The molecule has 9 heteroatoms. The summed E-state index contributed by atoms with van der Waals surface area (Å²) in [4.78, 5) is 23.2. The highest BCUT2D eigenvalue weighted by Gasteiger charge is 2.19. The van der Waals surface area contributed by atoms with Crippen molar-refractivity contribution in [3.63, 3.8) is 0 Å². The van der Waals surface area contributed by atoms with Crippen LogP contribution in [0.1, 0.15) is 24.5 Å². The molecule has 3 aromatic rings. The number of H-pyrrole nitrogens is 1. The lowest BCUT2D eigenvalue weighted by atomic mass is 10.1. The molecule has 0 aliphatic rings. The third-order valence-electron chi connectivity index (χ3n) is 3.88. The molecule has 0 saturated heterocycles. The lowest BCUT2D eigenvalue weighted by Crippen LogP contribution is -2.18. The van der Waals surface area contributed by atoms with Gasteiger partial charge in [0.1, 0.15) is 15.2 Å². The second kappa shape index (κ2) is 6.32. The molecule has 0 fully saturated rings. The highest BCUT2D eigenvalue weighted by molar-refractivity contribution is 7.92. The van der Waals surface area contributed by atoms with Crippen molar-refractivity contribution < 1.29 is 4.21 Å². The number of nitrogens with two attached hydrogens (primary N) is 1. The molecule has 0 radical (unpaired) electrons. The molecule has 1 unspecified atom stereocenters. The molecule has 8 nitrogen and oxygen atoms in total. The molecule has 2 heterocycles. The summed E-state index contributed by atoms with van der Waals surface area (Å²) >= 11 is 0. The van der Waals surface area contributed by atoms with Crippen molar-refractivity contribution in [2.75, 3.05) is 11.5 Å². The Hall–Kier alpha value is -2.68. The lowest BCUT2D eigenvalue weighted by molar-refractivity contribution is 0.665. The van der Waals surface area contributed by atoms with E-state index in [4.69, 9.17) is 10.5 Å². The van der Waals surface area contributed by atoms with E-state index in [1.165, 1.54) is 4.57 Å². The zero-order chi connectivity index (χ0) is 18.2. The maximum absolute atomic E-state index is 12.5. The van der Waals surface area contributed by atoms with Crippen molar-refractivity contribution in [2.24, 2.45) is 0 Å². The van der Waals surface area contributed by atoms with E-state index >= 15 is 0 Å². The first-order valence-electron chi connectivity index (χ1n) is 7.90. The number of aromatic amines is 1. The zero-order valence-corrected chi connectivity index (χ0v) is 14.9. The Bertz CT molecular complexity index is 1080. The van der Waals surface area contributed by atoms with E-state index in [9.17, 15) is 9.00 Å². The van der Waals surface area contributed by atoms with Crippen LogP contribution in [0.15, 0.2) is 34.2 Å². The van der Waals surface area contributed by atoms with E-state index in [1.54, 1.807) is 0 Å². The number of nitrogens with one attached hydrogen (secondary N) is 2. The van der Waals surface area contributed by atoms with Gasteiger partial charge in [0.15, 0.2) is 11.5 Å². The van der Waals surface area contributed by atoms with E-state index in [1.807, 2.05) is 38.1 Å². The molecule has 0 bridgehead atoms. The first kappa shape index (κ1) is 17.2. The quantitative estimate of drug-likeness (QED) is 0.598. The normalized spacial score (nSPS) is 13.8. The van der Waals surface area contributed by atoms with Crippen LogP contribution >= 0.6 is 0 Å². The Labute approximate surface area is 145 Å². The summed E-state index contributed by atoms with van der Waals surface area (Å²) in [6.45, 7) is 4.11. The van der Waals surface area contributed by atoms with Crippen LogP contribution in [-0.2, 0) is 16.3 Å². The number of imidazole rings is 1. The summed E-state index contributed by atoms with van der Waals surface area (Å²) in [5, 5.41) is -0.129. The Kier molecular flexibility index (Phi) is 4.34. The number of benzene rings is 1. The van der Waals surface area contributed by atoms with Gasteiger partial charge in [0.05, 0.1) is 6.54 Å². The summed E-state index contributed by atoms with van der Waals surface area (Å²) in [7, 11) is -3.14. The molecular weight excluding hydrogens is 340 g/mol. The first-order chi connectivity index (χ1) is 11.8. The number of anilines is 1. The van der Waals surface area contributed by atoms with Crippen LogP contribution in [0.4, 0.5) is 5.82 Å². The molecular formula is C16H20N6O2S. The number of hydrogen-bond donors (Lipinski definition) is 3. The van der Waals surface area contributed by atoms with E-state index in [0.717, 1.165) is 11.1 Å². The maximum atomic E-state index is 12.5. The molecule has 2 aromatic heterocycles. The van der Waals surface area contributed by atoms with Crippen molar-refractivity contribution in [2.45, 2.75) is 32.0 Å². The van der Waals surface area contributed by atoms with Crippen molar-refractivity contribution >= 4 is 26.7 Å². The molecule has 0 spiro atoms. The third-order valence-corrected chi connectivity index (χ3v) is 5.63. The van der Waals surface area contributed by atoms with Gasteiger partial charge < -0.3 is 10.7 Å². The first-order valence-corrected chi connectivity index (χ1v) is 9.62. The molecule has 25 heavy (non-hydrogen) atoms. The van der Waals surface area contributed by atoms with Gasteiger partial charge in [-0.15, -0.1) is 0 Å². The number of aromatic nitrogens is 4. The summed E-state index contributed by atoms with van der Waals surface area (Å²) < 4.78 is 21.9. The van der Waals surface area contributed by atoms with Gasteiger partial charge in [0.2, 0.25) is 5.16 Å². The van der Waals surface area contributed by atoms with Crippen LogP contribution in [0, 0.1) is 11.7 Å². The van der Waals surface area contributed by atoms with Crippen LogP contribution < -0.4 is 11.4 Å². The van der Waals surface area contributed by atoms with Crippen LogP contribution in [0.5, 0.6) is 0 Å². The zero-order valence-electron chi connectivity index (χ0n) is 14.1. The predicted octanol–water partition coefficient (Wildman–Crippen LogP) is 1.87. The van der Waals surface area contributed by atoms with Crippen molar-refractivity contribution in [1.82, 2.24) is 19.5 Å². The Morgan fingerprint density at radius 3 is 2.60 bits per heavy atom. The minimum Gasteiger partial charge on any atom is -0.382 e. The molecule has 1 atom stereocenters. The topological polar surface area (TPSA) is 131 Å². The molecule has 0 aliphatic heterocycles. The average Bonchev–Trinajstić information content (AvgIpc) is 2.86. The largest absolute Gasteiger partial charge is 0.382 e. The lowest BCUT2D eigenvalue weighted by Gasteiger charge is -2.08. The number of nitrogens with zero attached hydrogens (tertiary/aromatic N) is 3. The number of aryl methyl sites for hydroxylation is 1. The second-order valence-corrected chi connectivity index (χ2v) is 8.10. The molecule has 0 saturated carbocycles. The fourth-order valence-corrected chi connectivity index (χ4v) is 3.82. The van der Waals surface area contributed by atoms with Crippen molar-refractivity contribution in [3.8, 4) is 0 Å². The number of fused-ring (bicyclic) bond motifs is 1. The number of nitrogen functional groups attached to an aromatic ring is 1. The minimum atomic E-state index is -3.14. The maximum Gasteiger partial charge on any atom is 0.328 e. The summed E-state index contributed by atoms with van der Waals surface area (Å²) in [5.41, 5.74) is 8.14. The van der Waals surface area contributed by atoms with Crippen LogP contribution in [-0.4, -0.2) is 29.5 Å². The smallest absolute Gasteiger partial charge is 0.328 e. The molecule has 0 aliphatic carbocycles. The van der Waals surface area contributed by atoms with Gasteiger partial charge in [-0.25, -0.2) is 18.8 Å². The number of hydrogen-bond acceptors (Lipinski definition) is 6. The average molecular weight is 360 g/mol.